The van der Waals surface area contributed by atoms with E-state index in [1.807, 2.05) is 0 Å². The van der Waals surface area contributed by atoms with Gasteiger partial charge in [-0.3, -0.25) is 0 Å². The van der Waals surface area contributed by atoms with Gasteiger partial charge in [-0.2, -0.15) is 0 Å². The minimum atomic E-state index is -0.473. The lowest BCUT2D eigenvalue weighted by atomic mass is 10.3. The molecule has 0 aliphatic heterocycles. The summed E-state index contributed by atoms with van der Waals surface area (Å²) in [5, 5.41) is 3.35. The van der Waals surface area contributed by atoms with Gasteiger partial charge in [-0.05, 0) is 55.6 Å². The molecule has 0 aromatic heterocycles. The van der Waals surface area contributed by atoms with E-state index in [0.29, 0.717) is 16.8 Å². The number of hydrogen-bond acceptors (Lipinski definition) is 3. The Bertz CT molecular complexity index is 404. The van der Waals surface area contributed by atoms with Crippen LogP contribution in [0.2, 0.25) is 5.02 Å². The highest BCUT2D eigenvalue weighted by Crippen LogP contribution is 2.30. The first kappa shape index (κ1) is 16.7. The Labute approximate surface area is 127 Å². The van der Waals surface area contributed by atoms with Gasteiger partial charge in [0.25, 0.3) is 0 Å². The van der Waals surface area contributed by atoms with Crippen LogP contribution in [-0.2, 0) is 0 Å². The van der Waals surface area contributed by atoms with Crippen LogP contribution in [0.25, 0.3) is 0 Å². The van der Waals surface area contributed by atoms with Crippen molar-refractivity contribution in [3.63, 3.8) is 0 Å². The lowest BCUT2D eigenvalue weighted by Crippen LogP contribution is -2.25. The predicted molar refractivity (Wildman–Crippen MR) is 80.6 cm³/mol. The second kappa shape index (κ2) is 8.74. The van der Waals surface area contributed by atoms with E-state index in [1.54, 1.807) is 0 Å². The highest BCUT2D eigenvalue weighted by Gasteiger charge is 2.07. The molecule has 0 heterocycles. The summed E-state index contributed by atoms with van der Waals surface area (Å²) in [4.78, 5) is 2.14. The van der Waals surface area contributed by atoms with E-state index in [9.17, 15) is 4.39 Å². The lowest BCUT2D eigenvalue weighted by molar-refractivity contribution is 0.308. The van der Waals surface area contributed by atoms with Crippen molar-refractivity contribution in [2.24, 2.45) is 0 Å². The van der Waals surface area contributed by atoms with E-state index in [1.165, 1.54) is 12.1 Å². The second-order valence-corrected chi connectivity index (χ2v) is 5.71. The van der Waals surface area contributed by atoms with Gasteiger partial charge in [-0.15, -0.1) is 0 Å². The molecule has 0 amide bonds. The van der Waals surface area contributed by atoms with Crippen molar-refractivity contribution in [2.45, 2.75) is 6.42 Å². The third-order valence-corrected chi connectivity index (χ3v) is 3.38. The number of benzene rings is 1. The summed E-state index contributed by atoms with van der Waals surface area (Å²) in [7, 11) is 4.10. The van der Waals surface area contributed by atoms with Crippen molar-refractivity contribution in [3.05, 3.63) is 27.4 Å². The summed E-state index contributed by atoms with van der Waals surface area (Å²) in [6.45, 7) is 3.21. The van der Waals surface area contributed by atoms with Crippen LogP contribution in [0.15, 0.2) is 16.6 Å². The molecule has 1 N–H and O–H groups in total. The summed E-state index contributed by atoms with van der Waals surface area (Å²) in [5.41, 5.74) is 0. The number of halogens is 3. The van der Waals surface area contributed by atoms with Gasteiger partial charge in [-0.1, -0.05) is 11.6 Å². The highest BCUT2D eigenvalue weighted by molar-refractivity contribution is 9.10. The fourth-order valence-corrected chi connectivity index (χ4v) is 2.25. The monoisotopic (exact) mass is 352 g/mol. The summed E-state index contributed by atoms with van der Waals surface area (Å²) < 4.78 is 19.4. The zero-order chi connectivity index (χ0) is 14.3. The quantitative estimate of drug-likeness (QED) is 0.574. The van der Waals surface area contributed by atoms with Crippen LogP contribution in [0.1, 0.15) is 6.42 Å². The largest absolute Gasteiger partial charge is 0.491 e. The first-order valence-electron chi connectivity index (χ1n) is 6.13. The van der Waals surface area contributed by atoms with Gasteiger partial charge in [0.2, 0.25) is 0 Å². The van der Waals surface area contributed by atoms with E-state index < -0.39 is 5.82 Å². The first-order valence-corrected chi connectivity index (χ1v) is 7.30. The van der Waals surface area contributed by atoms with E-state index in [-0.39, 0.29) is 5.02 Å². The number of nitrogens with zero attached hydrogens (tertiary/aromatic N) is 1. The van der Waals surface area contributed by atoms with E-state index in [0.717, 1.165) is 26.1 Å². The van der Waals surface area contributed by atoms with Crippen LogP contribution < -0.4 is 10.1 Å². The van der Waals surface area contributed by atoms with Crippen LogP contribution in [0.4, 0.5) is 4.39 Å². The van der Waals surface area contributed by atoms with Gasteiger partial charge in [0, 0.05) is 12.6 Å². The molecular weight excluding hydrogens is 335 g/mol. The fraction of sp³-hybridized carbons (Fsp3) is 0.538. The maximum atomic E-state index is 13.3. The summed E-state index contributed by atoms with van der Waals surface area (Å²) >= 11 is 8.94. The molecule has 0 atom stereocenters. The van der Waals surface area contributed by atoms with Crippen LogP contribution in [0, 0.1) is 5.82 Å². The van der Waals surface area contributed by atoms with Gasteiger partial charge in [0.05, 0.1) is 9.50 Å². The smallest absolute Gasteiger partial charge is 0.145 e. The SMILES string of the molecule is CN(C)CCCNCCOc1cc(F)c(Cl)cc1Br. The molecule has 0 saturated heterocycles. The van der Waals surface area contributed by atoms with Crippen LogP contribution in [0.3, 0.4) is 0 Å². The highest BCUT2D eigenvalue weighted by atomic mass is 79.9. The molecule has 0 fully saturated rings. The van der Waals surface area contributed by atoms with Gasteiger partial charge < -0.3 is 15.0 Å². The first-order chi connectivity index (χ1) is 9.00. The van der Waals surface area contributed by atoms with Gasteiger partial charge in [0.15, 0.2) is 0 Å². The maximum absolute atomic E-state index is 13.3. The minimum absolute atomic E-state index is 0.0843. The number of ether oxygens (including phenoxy) is 1. The summed E-state index contributed by atoms with van der Waals surface area (Å²) in [6, 6.07) is 2.79. The van der Waals surface area contributed by atoms with Crippen molar-refractivity contribution >= 4 is 27.5 Å². The third-order valence-electron chi connectivity index (χ3n) is 2.47. The Balaban J connectivity index is 2.21. The minimum Gasteiger partial charge on any atom is -0.491 e. The molecule has 0 bridgehead atoms. The molecule has 1 rings (SSSR count). The van der Waals surface area contributed by atoms with E-state index >= 15 is 0 Å². The zero-order valence-corrected chi connectivity index (χ0v) is 13.5. The molecule has 1 aromatic rings. The average Bonchev–Trinajstić information content (AvgIpc) is 2.33. The summed E-state index contributed by atoms with van der Waals surface area (Å²) in [5.74, 6) is -0.00389. The van der Waals surface area contributed by atoms with E-state index in [4.69, 9.17) is 16.3 Å². The van der Waals surface area contributed by atoms with Crippen LogP contribution in [-0.4, -0.2) is 45.2 Å². The Morgan fingerprint density at radius 2 is 2.11 bits per heavy atom. The maximum Gasteiger partial charge on any atom is 0.145 e. The molecule has 0 saturated carbocycles. The molecule has 0 aliphatic carbocycles. The molecule has 1 aromatic carbocycles. The number of hydrogen-bond donors (Lipinski definition) is 1. The Kier molecular flexibility index (Phi) is 7.68. The Morgan fingerprint density at radius 1 is 1.37 bits per heavy atom. The number of rotatable bonds is 8. The fourth-order valence-electron chi connectivity index (χ4n) is 1.49. The lowest BCUT2D eigenvalue weighted by Gasteiger charge is -2.11. The Hall–Kier alpha value is -0.360. The van der Waals surface area contributed by atoms with Crippen molar-refractivity contribution in [3.8, 4) is 5.75 Å². The molecule has 6 heteroatoms. The molecule has 0 spiro atoms. The summed E-state index contributed by atoms with van der Waals surface area (Å²) in [6.07, 6.45) is 1.09. The molecule has 0 radical (unpaired) electrons. The van der Waals surface area contributed by atoms with E-state index in [2.05, 4.69) is 40.2 Å². The molecule has 3 nitrogen and oxygen atoms in total. The molecule has 19 heavy (non-hydrogen) atoms. The third kappa shape index (κ3) is 6.56. The molecule has 0 unspecified atom stereocenters. The topological polar surface area (TPSA) is 24.5 Å². The van der Waals surface area contributed by atoms with Crippen molar-refractivity contribution < 1.29 is 9.13 Å². The van der Waals surface area contributed by atoms with Gasteiger partial charge >= 0.3 is 0 Å². The molecular formula is C13H19BrClFN2O. The standard InChI is InChI=1S/C13H19BrClFN2O/c1-18(2)6-3-4-17-5-7-19-13-9-12(16)11(15)8-10(13)14/h8-9,17H,3-7H2,1-2H3. The van der Waals surface area contributed by atoms with Crippen molar-refractivity contribution in [1.29, 1.82) is 0 Å². The molecule has 108 valence electrons. The predicted octanol–water partition coefficient (Wildman–Crippen LogP) is 3.16. The van der Waals surface area contributed by atoms with Crippen molar-refractivity contribution in [1.82, 2.24) is 10.2 Å². The second-order valence-electron chi connectivity index (χ2n) is 4.45. The average molecular weight is 354 g/mol. The molecule has 0 aliphatic rings. The van der Waals surface area contributed by atoms with Gasteiger partial charge in [-0.25, -0.2) is 4.39 Å². The zero-order valence-electron chi connectivity index (χ0n) is 11.2. The Morgan fingerprint density at radius 3 is 2.79 bits per heavy atom. The van der Waals surface area contributed by atoms with Gasteiger partial charge in [0.1, 0.15) is 18.2 Å². The van der Waals surface area contributed by atoms with Crippen LogP contribution >= 0.6 is 27.5 Å². The van der Waals surface area contributed by atoms with Crippen molar-refractivity contribution in [2.75, 3.05) is 40.3 Å². The van der Waals surface area contributed by atoms with Crippen LogP contribution in [0.5, 0.6) is 5.75 Å². The normalized spacial score (nSPS) is 11.1. The number of nitrogens with one attached hydrogen (secondary N) is 1.